The third-order valence-electron chi connectivity index (χ3n) is 4.88. The maximum Gasteiger partial charge on any atom is 0.232 e. The van der Waals surface area contributed by atoms with Crippen LogP contribution in [0, 0.1) is 5.92 Å². The van der Waals surface area contributed by atoms with E-state index in [0.717, 1.165) is 21.9 Å². The van der Waals surface area contributed by atoms with Crippen molar-refractivity contribution in [3.05, 3.63) is 59.1 Å². The fraction of sp³-hybridized carbons (Fsp3) is 0.300. The van der Waals surface area contributed by atoms with Gasteiger partial charge in [-0.1, -0.05) is 41.9 Å². The van der Waals surface area contributed by atoms with E-state index in [1.165, 1.54) is 0 Å². The van der Waals surface area contributed by atoms with E-state index in [2.05, 4.69) is 0 Å². The molecule has 0 aliphatic carbocycles. The van der Waals surface area contributed by atoms with Crippen molar-refractivity contribution in [2.45, 2.75) is 17.9 Å². The molecule has 4 nitrogen and oxygen atoms in total. The molecule has 0 N–H and O–H groups in total. The van der Waals surface area contributed by atoms with Crippen LogP contribution in [0.5, 0.6) is 0 Å². The zero-order chi connectivity index (χ0) is 18.1. The van der Waals surface area contributed by atoms with Gasteiger partial charge in [-0.05, 0) is 23.8 Å². The fourth-order valence-corrected chi connectivity index (χ4v) is 4.73. The van der Waals surface area contributed by atoms with Crippen molar-refractivity contribution < 1.29 is 9.59 Å². The van der Waals surface area contributed by atoms with E-state index >= 15 is 0 Å². The molecule has 0 bridgehead atoms. The lowest BCUT2D eigenvalue weighted by Crippen LogP contribution is -2.40. The van der Waals surface area contributed by atoms with Gasteiger partial charge in [-0.3, -0.25) is 9.59 Å². The number of halogens is 1. The normalized spacial score (nSPS) is 19.6. The molecule has 0 unspecified atom stereocenters. The Morgan fingerprint density at radius 3 is 2.77 bits per heavy atom. The number of rotatable bonds is 3. The second kappa shape index (κ2) is 7.33. The first-order valence-electron chi connectivity index (χ1n) is 8.68. The quantitative estimate of drug-likeness (QED) is 0.805. The highest BCUT2D eigenvalue weighted by molar-refractivity contribution is 7.99. The summed E-state index contributed by atoms with van der Waals surface area (Å²) in [6, 6.07) is 15.5. The van der Waals surface area contributed by atoms with E-state index in [0.29, 0.717) is 24.7 Å². The van der Waals surface area contributed by atoms with Gasteiger partial charge >= 0.3 is 0 Å². The molecule has 1 saturated heterocycles. The Morgan fingerprint density at radius 2 is 1.92 bits per heavy atom. The molecule has 2 aromatic rings. The number of fused-ring (bicyclic) bond motifs is 1. The molecule has 0 spiro atoms. The van der Waals surface area contributed by atoms with Gasteiger partial charge in [0.05, 0.1) is 11.6 Å². The second-order valence-corrected chi connectivity index (χ2v) is 8.12. The van der Waals surface area contributed by atoms with Gasteiger partial charge in [0.1, 0.15) is 0 Å². The van der Waals surface area contributed by atoms with E-state index < -0.39 is 0 Å². The second-order valence-electron chi connectivity index (χ2n) is 6.57. The van der Waals surface area contributed by atoms with Crippen LogP contribution in [-0.4, -0.2) is 35.6 Å². The highest BCUT2D eigenvalue weighted by Crippen LogP contribution is 2.36. The number of amides is 2. The van der Waals surface area contributed by atoms with Crippen LogP contribution in [0.25, 0.3) is 0 Å². The molecule has 2 amide bonds. The third-order valence-corrected chi connectivity index (χ3v) is 6.29. The van der Waals surface area contributed by atoms with Gasteiger partial charge in [-0.25, -0.2) is 0 Å². The summed E-state index contributed by atoms with van der Waals surface area (Å²) in [5.41, 5.74) is 1.88. The summed E-state index contributed by atoms with van der Waals surface area (Å²) in [7, 11) is 0. The molecular weight excluding hydrogens is 368 g/mol. The smallest absolute Gasteiger partial charge is 0.232 e. The molecule has 1 fully saturated rings. The van der Waals surface area contributed by atoms with Gasteiger partial charge in [0, 0.05) is 41.7 Å². The van der Waals surface area contributed by atoms with E-state index in [9.17, 15) is 9.59 Å². The summed E-state index contributed by atoms with van der Waals surface area (Å²) in [5.74, 6) is 0.657. The standard InChI is InChI=1S/C20H19ClN2O2S/c21-16-6-2-1-5-14(16)12-22-13-15(11-19(22)24)20(25)23-9-10-26-18-8-4-3-7-17(18)23/h1-8,15H,9-13H2/t15-/m0/s1. The molecule has 2 aliphatic rings. The molecule has 0 saturated carbocycles. The number of hydrogen-bond donors (Lipinski definition) is 0. The molecule has 0 aromatic heterocycles. The Balaban J connectivity index is 1.49. The topological polar surface area (TPSA) is 40.6 Å². The first-order valence-corrected chi connectivity index (χ1v) is 10.0. The van der Waals surface area contributed by atoms with Gasteiger partial charge in [-0.15, -0.1) is 11.8 Å². The number of thioether (sulfide) groups is 1. The number of nitrogens with zero attached hydrogens (tertiary/aromatic N) is 2. The Morgan fingerprint density at radius 1 is 1.15 bits per heavy atom. The van der Waals surface area contributed by atoms with Crippen LogP contribution in [0.1, 0.15) is 12.0 Å². The maximum absolute atomic E-state index is 13.1. The average Bonchev–Trinajstić information content (AvgIpc) is 3.03. The zero-order valence-corrected chi connectivity index (χ0v) is 15.8. The molecule has 26 heavy (non-hydrogen) atoms. The van der Waals surface area contributed by atoms with Crippen molar-refractivity contribution >= 4 is 40.9 Å². The van der Waals surface area contributed by atoms with Crippen LogP contribution in [0.2, 0.25) is 5.02 Å². The van der Waals surface area contributed by atoms with Crippen molar-refractivity contribution in [1.29, 1.82) is 0 Å². The number of anilines is 1. The lowest BCUT2D eigenvalue weighted by Gasteiger charge is -2.30. The Kier molecular flexibility index (Phi) is 4.92. The molecule has 1 atom stereocenters. The molecule has 2 aromatic carbocycles. The van der Waals surface area contributed by atoms with E-state index in [4.69, 9.17) is 11.6 Å². The first-order chi connectivity index (χ1) is 12.6. The van der Waals surface area contributed by atoms with Crippen molar-refractivity contribution in [3.63, 3.8) is 0 Å². The Bertz CT molecular complexity index is 857. The predicted octanol–water partition coefficient (Wildman–Crippen LogP) is 3.83. The van der Waals surface area contributed by atoms with Gasteiger partial charge < -0.3 is 9.80 Å². The van der Waals surface area contributed by atoms with Gasteiger partial charge in [0.25, 0.3) is 0 Å². The third kappa shape index (κ3) is 3.33. The molecule has 0 radical (unpaired) electrons. The fourth-order valence-electron chi connectivity index (χ4n) is 3.54. The van der Waals surface area contributed by atoms with Crippen LogP contribution >= 0.6 is 23.4 Å². The summed E-state index contributed by atoms with van der Waals surface area (Å²) in [5, 5.41) is 0.650. The average molecular weight is 387 g/mol. The van der Waals surface area contributed by atoms with Crippen LogP contribution in [0.4, 0.5) is 5.69 Å². The zero-order valence-electron chi connectivity index (χ0n) is 14.2. The summed E-state index contributed by atoms with van der Waals surface area (Å²) in [4.78, 5) is 30.2. The number of carbonyl (C=O) groups is 2. The van der Waals surface area contributed by atoms with Gasteiger partial charge in [-0.2, -0.15) is 0 Å². The minimum absolute atomic E-state index is 0.0166. The van der Waals surface area contributed by atoms with Crippen LogP contribution in [0.15, 0.2) is 53.4 Å². The summed E-state index contributed by atoms with van der Waals surface area (Å²) in [6.45, 7) is 1.60. The van der Waals surface area contributed by atoms with Crippen LogP contribution in [0.3, 0.4) is 0 Å². The SMILES string of the molecule is O=C1C[C@H](C(=O)N2CCSc3ccccc32)CN1Cc1ccccc1Cl. The number of benzene rings is 2. The maximum atomic E-state index is 13.1. The van der Waals surface area contributed by atoms with Gasteiger partial charge in [0.2, 0.25) is 11.8 Å². The predicted molar refractivity (Wildman–Crippen MR) is 104 cm³/mol. The largest absolute Gasteiger partial charge is 0.337 e. The highest BCUT2D eigenvalue weighted by atomic mass is 35.5. The minimum atomic E-state index is -0.291. The van der Waals surface area contributed by atoms with E-state index in [-0.39, 0.29) is 24.2 Å². The molecule has 2 heterocycles. The van der Waals surface area contributed by atoms with Crippen molar-refractivity contribution in [1.82, 2.24) is 4.90 Å². The van der Waals surface area contributed by atoms with Crippen molar-refractivity contribution in [3.8, 4) is 0 Å². The number of carbonyl (C=O) groups excluding carboxylic acids is 2. The molecule has 2 aliphatic heterocycles. The monoisotopic (exact) mass is 386 g/mol. The number of likely N-dealkylation sites (tertiary alicyclic amines) is 1. The first kappa shape index (κ1) is 17.4. The van der Waals surface area contributed by atoms with Crippen LogP contribution < -0.4 is 4.90 Å². The number of hydrogen-bond acceptors (Lipinski definition) is 3. The van der Waals surface area contributed by atoms with Crippen LogP contribution in [-0.2, 0) is 16.1 Å². The van der Waals surface area contributed by atoms with Crippen molar-refractivity contribution in [2.75, 3.05) is 23.7 Å². The lowest BCUT2D eigenvalue weighted by atomic mass is 10.1. The Labute approximate surface area is 162 Å². The van der Waals surface area contributed by atoms with E-state index in [1.54, 1.807) is 16.7 Å². The Hall–Kier alpha value is -1.98. The van der Waals surface area contributed by atoms with Gasteiger partial charge in [0.15, 0.2) is 0 Å². The number of para-hydroxylation sites is 1. The highest BCUT2D eigenvalue weighted by Gasteiger charge is 2.38. The summed E-state index contributed by atoms with van der Waals surface area (Å²) >= 11 is 7.98. The summed E-state index contributed by atoms with van der Waals surface area (Å²) < 4.78 is 0. The van der Waals surface area contributed by atoms with Crippen molar-refractivity contribution in [2.24, 2.45) is 5.92 Å². The van der Waals surface area contributed by atoms with E-state index in [1.807, 2.05) is 53.4 Å². The molecule has 6 heteroatoms. The minimum Gasteiger partial charge on any atom is -0.337 e. The molecular formula is C20H19ClN2O2S. The summed E-state index contributed by atoms with van der Waals surface area (Å²) in [6.07, 6.45) is 0.273. The lowest BCUT2D eigenvalue weighted by molar-refractivity contribution is -0.128. The molecule has 134 valence electrons. The molecule has 4 rings (SSSR count).